The highest BCUT2D eigenvalue weighted by Crippen LogP contribution is 2.19. The number of nitrogens with one attached hydrogen (secondary N) is 1. The third-order valence-corrected chi connectivity index (χ3v) is 3.58. The molecule has 0 amide bonds. The molecule has 0 spiro atoms. The van der Waals surface area contributed by atoms with Gasteiger partial charge in [-0.2, -0.15) is 4.98 Å². The van der Waals surface area contributed by atoms with E-state index >= 15 is 0 Å². The van der Waals surface area contributed by atoms with E-state index in [9.17, 15) is 4.79 Å². The summed E-state index contributed by atoms with van der Waals surface area (Å²) in [6.45, 7) is 9.11. The zero-order valence-electron chi connectivity index (χ0n) is 13.8. The van der Waals surface area contributed by atoms with Crippen LogP contribution in [0.4, 0.5) is 5.95 Å². The van der Waals surface area contributed by atoms with E-state index in [2.05, 4.69) is 43.0 Å². The van der Waals surface area contributed by atoms with Gasteiger partial charge < -0.3 is 5.32 Å². The standard InChI is InChI=1S/C17H24N4O/c1-5-13-8-7-9-14(6-2)15(13)21-11-19-16(20-17(21)22)18-10-12(3)4/h7-9,11-12H,5-6,10H2,1-4H3,(H,18,20,22). The maximum absolute atomic E-state index is 12.4. The van der Waals surface area contributed by atoms with Gasteiger partial charge in [0.1, 0.15) is 6.33 Å². The number of para-hydroxylation sites is 1. The first-order valence-corrected chi connectivity index (χ1v) is 7.87. The van der Waals surface area contributed by atoms with E-state index in [-0.39, 0.29) is 5.69 Å². The van der Waals surface area contributed by atoms with E-state index < -0.39 is 0 Å². The summed E-state index contributed by atoms with van der Waals surface area (Å²) in [7, 11) is 0. The topological polar surface area (TPSA) is 59.8 Å². The molecule has 1 heterocycles. The molecule has 0 fully saturated rings. The molecule has 1 aromatic heterocycles. The first kappa shape index (κ1) is 16.2. The van der Waals surface area contributed by atoms with Crippen LogP contribution in [0.2, 0.25) is 0 Å². The Kier molecular flexibility index (Phi) is 5.31. The van der Waals surface area contributed by atoms with Gasteiger partial charge in [-0.25, -0.2) is 9.78 Å². The van der Waals surface area contributed by atoms with Gasteiger partial charge in [0.2, 0.25) is 5.95 Å². The monoisotopic (exact) mass is 300 g/mol. The molecule has 0 saturated heterocycles. The highest BCUT2D eigenvalue weighted by Gasteiger charge is 2.11. The molecule has 22 heavy (non-hydrogen) atoms. The van der Waals surface area contributed by atoms with Gasteiger partial charge in [-0.3, -0.25) is 4.57 Å². The van der Waals surface area contributed by atoms with Gasteiger partial charge in [0.25, 0.3) is 0 Å². The van der Waals surface area contributed by atoms with Crippen molar-refractivity contribution in [3.63, 3.8) is 0 Å². The van der Waals surface area contributed by atoms with Crippen LogP contribution in [0.25, 0.3) is 5.69 Å². The SMILES string of the molecule is CCc1cccc(CC)c1-n1cnc(NCC(C)C)nc1=O. The van der Waals surface area contributed by atoms with Gasteiger partial charge in [0, 0.05) is 6.54 Å². The van der Waals surface area contributed by atoms with Crippen LogP contribution in [0.3, 0.4) is 0 Å². The highest BCUT2D eigenvalue weighted by molar-refractivity contribution is 5.48. The van der Waals surface area contributed by atoms with Crippen LogP contribution in [-0.4, -0.2) is 21.1 Å². The summed E-state index contributed by atoms with van der Waals surface area (Å²) in [4.78, 5) is 20.7. The lowest BCUT2D eigenvalue weighted by molar-refractivity contribution is 0.681. The molecule has 0 bridgehead atoms. The smallest absolute Gasteiger partial charge is 0.354 e. The first-order valence-electron chi connectivity index (χ1n) is 7.87. The maximum Gasteiger partial charge on any atom is 0.356 e. The van der Waals surface area contributed by atoms with Crippen molar-refractivity contribution in [2.45, 2.75) is 40.5 Å². The molecular formula is C17H24N4O. The number of hydrogen-bond donors (Lipinski definition) is 1. The van der Waals surface area contributed by atoms with Gasteiger partial charge in [0.15, 0.2) is 0 Å². The van der Waals surface area contributed by atoms with Crippen LogP contribution in [0.15, 0.2) is 29.3 Å². The highest BCUT2D eigenvalue weighted by atomic mass is 16.1. The average Bonchev–Trinajstić information content (AvgIpc) is 2.52. The lowest BCUT2D eigenvalue weighted by Crippen LogP contribution is -2.26. The second kappa shape index (κ2) is 7.20. The molecule has 118 valence electrons. The van der Waals surface area contributed by atoms with Crippen molar-refractivity contribution in [2.75, 3.05) is 11.9 Å². The van der Waals surface area contributed by atoms with Crippen molar-refractivity contribution in [3.05, 3.63) is 46.1 Å². The molecule has 0 aliphatic heterocycles. The average molecular weight is 300 g/mol. The fourth-order valence-corrected chi connectivity index (χ4v) is 2.39. The van der Waals surface area contributed by atoms with Crippen LogP contribution in [0.5, 0.6) is 0 Å². The van der Waals surface area contributed by atoms with Crippen molar-refractivity contribution in [2.24, 2.45) is 5.92 Å². The van der Waals surface area contributed by atoms with Crippen LogP contribution in [0, 0.1) is 5.92 Å². The Labute approximate surface area is 131 Å². The zero-order chi connectivity index (χ0) is 16.1. The third kappa shape index (κ3) is 3.53. The summed E-state index contributed by atoms with van der Waals surface area (Å²) in [6, 6.07) is 6.13. The molecule has 5 heteroatoms. The number of anilines is 1. The summed E-state index contributed by atoms with van der Waals surface area (Å²) in [5.74, 6) is 0.862. The second-order valence-electron chi connectivity index (χ2n) is 5.74. The van der Waals surface area contributed by atoms with Crippen LogP contribution in [0.1, 0.15) is 38.8 Å². The lowest BCUT2D eigenvalue weighted by Gasteiger charge is -2.15. The van der Waals surface area contributed by atoms with E-state index in [0.29, 0.717) is 11.9 Å². The minimum absolute atomic E-state index is 0.295. The molecule has 5 nitrogen and oxygen atoms in total. The molecule has 1 N–H and O–H groups in total. The lowest BCUT2D eigenvalue weighted by atomic mass is 10.0. The van der Waals surface area contributed by atoms with Crippen LogP contribution >= 0.6 is 0 Å². The van der Waals surface area contributed by atoms with Crippen molar-refractivity contribution in [3.8, 4) is 5.69 Å². The quantitative estimate of drug-likeness (QED) is 0.891. The number of rotatable bonds is 6. The summed E-state index contributed by atoms with van der Waals surface area (Å²) in [6.07, 6.45) is 3.30. The van der Waals surface area contributed by atoms with E-state index in [1.54, 1.807) is 10.9 Å². The maximum atomic E-state index is 12.4. The third-order valence-electron chi connectivity index (χ3n) is 3.58. The van der Waals surface area contributed by atoms with Gasteiger partial charge in [-0.05, 0) is 29.9 Å². The minimum atomic E-state index is -0.295. The van der Waals surface area contributed by atoms with Crippen molar-refractivity contribution < 1.29 is 0 Å². The summed E-state index contributed by atoms with van der Waals surface area (Å²) in [5.41, 5.74) is 2.89. The number of nitrogens with zero attached hydrogens (tertiary/aromatic N) is 3. The molecule has 0 aliphatic carbocycles. The molecule has 1 aromatic carbocycles. The molecule has 0 aliphatic rings. The number of aromatic nitrogens is 3. The molecule has 2 aromatic rings. The molecular weight excluding hydrogens is 276 g/mol. The zero-order valence-corrected chi connectivity index (χ0v) is 13.8. The summed E-state index contributed by atoms with van der Waals surface area (Å²) >= 11 is 0. The van der Waals surface area contributed by atoms with Crippen LogP contribution in [-0.2, 0) is 12.8 Å². The minimum Gasteiger partial charge on any atom is -0.354 e. The van der Waals surface area contributed by atoms with Crippen molar-refractivity contribution in [1.29, 1.82) is 0 Å². The first-order chi connectivity index (χ1) is 10.6. The van der Waals surface area contributed by atoms with E-state index in [1.165, 1.54) is 0 Å². The van der Waals surface area contributed by atoms with Gasteiger partial charge in [0.05, 0.1) is 5.69 Å². The Morgan fingerprint density at radius 3 is 2.32 bits per heavy atom. The molecule has 2 rings (SSSR count). The van der Waals surface area contributed by atoms with Crippen molar-refractivity contribution in [1.82, 2.24) is 14.5 Å². The predicted molar refractivity (Wildman–Crippen MR) is 89.7 cm³/mol. The van der Waals surface area contributed by atoms with E-state index in [4.69, 9.17) is 0 Å². The fraction of sp³-hybridized carbons (Fsp3) is 0.471. The largest absolute Gasteiger partial charge is 0.356 e. The fourth-order valence-electron chi connectivity index (χ4n) is 2.39. The summed E-state index contributed by atoms with van der Waals surface area (Å²) < 4.78 is 1.55. The Balaban J connectivity index is 2.44. The van der Waals surface area contributed by atoms with E-state index in [1.807, 2.05) is 18.2 Å². The predicted octanol–water partition coefficient (Wildman–Crippen LogP) is 2.82. The van der Waals surface area contributed by atoms with Gasteiger partial charge >= 0.3 is 5.69 Å². The summed E-state index contributed by atoms with van der Waals surface area (Å²) in [5, 5.41) is 3.09. The van der Waals surface area contributed by atoms with Crippen LogP contribution < -0.4 is 11.0 Å². The second-order valence-corrected chi connectivity index (χ2v) is 5.74. The van der Waals surface area contributed by atoms with E-state index in [0.717, 1.165) is 36.2 Å². The normalized spacial score (nSPS) is 11.0. The van der Waals surface area contributed by atoms with Gasteiger partial charge in [-0.1, -0.05) is 45.9 Å². The molecule has 0 saturated carbocycles. The molecule has 0 radical (unpaired) electrons. The van der Waals surface area contributed by atoms with Gasteiger partial charge in [-0.15, -0.1) is 0 Å². The Hall–Kier alpha value is -2.17. The number of benzene rings is 1. The van der Waals surface area contributed by atoms with Crippen molar-refractivity contribution >= 4 is 5.95 Å². The molecule has 0 atom stereocenters. The Bertz CT molecular complexity index is 669. The molecule has 0 unspecified atom stereocenters. The Morgan fingerprint density at radius 1 is 1.18 bits per heavy atom. The Morgan fingerprint density at radius 2 is 1.82 bits per heavy atom. The number of aryl methyl sites for hydroxylation is 2. The number of hydrogen-bond acceptors (Lipinski definition) is 4.